The molecule has 1 aromatic carbocycles. The third-order valence-corrected chi connectivity index (χ3v) is 3.53. The van der Waals surface area contributed by atoms with E-state index < -0.39 is 11.0 Å². The number of rotatable bonds is 4. The summed E-state index contributed by atoms with van der Waals surface area (Å²) in [6.07, 6.45) is 3.29. The highest BCUT2D eigenvalue weighted by Gasteiger charge is 2.27. The molecule has 0 saturated heterocycles. The summed E-state index contributed by atoms with van der Waals surface area (Å²) in [5, 5.41) is 25.1. The molecule has 3 rings (SSSR count). The lowest BCUT2D eigenvalue weighted by Gasteiger charge is -2.08. The van der Waals surface area contributed by atoms with Crippen LogP contribution >= 0.6 is 0 Å². The second kappa shape index (κ2) is 4.72. The molecule has 1 aromatic heterocycles. The number of aliphatic hydroxyl groups is 1. The van der Waals surface area contributed by atoms with Gasteiger partial charge in [-0.05, 0) is 37.5 Å². The van der Waals surface area contributed by atoms with Gasteiger partial charge in [0.15, 0.2) is 0 Å². The minimum absolute atomic E-state index is 0.0474. The molecule has 1 N–H and O–H groups in total. The van der Waals surface area contributed by atoms with Gasteiger partial charge < -0.3 is 5.11 Å². The molecule has 1 saturated carbocycles. The highest BCUT2D eigenvalue weighted by molar-refractivity contribution is 5.54. The van der Waals surface area contributed by atoms with Crippen LogP contribution in [0.15, 0.2) is 30.5 Å². The fraction of sp³-hybridized carbons (Fsp3) is 0.357. The predicted molar refractivity (Wildman–Crippen MR) is 72.8 cm³/mol. The van der Waals surface area contributed by atoms with Crippen LogP contribution in [0.1, 0.15) is 43.0 Å². The van der Waals surface area contributed by atoms with E-state index in [0.29, 0.717) is 17.2 Å². The van der Waals surface area contributed by atoms with Crippen molar-refractivity contribution in [1.82, 2.24) is 9.78 Å². The molecule has 6 nitrogen and oxygen atoms in total. The molecular weight excluding hydrogens is 258 g/mol. The van der Waals surface area contributed by atoms with Crippen molar-refractivity contribution in [2.75, 3.05) is 0 Å². The zero-order valence-electron chi connectivity index (χ0n) is 11.1. The number of nitro groups is 1. The zero-order valence-corrected chi connectivity index (χ0v) is 11.1. The van der Waals surface area contributed by atoms with E-state index in [1.807, 2.05) is 6.07 Å². The van der Waals surface area contributed by atoms with Crippen LogP contribution in [0.25, 0.3) is 5.69 Å². The van der Waals surface area contributed by atoms with E-state index in [0.717, 1.165) is 18.5 Å². The Morgan fingerprint density at radius 3 is 2.80 bits per heavy atom. The minimum Gasteiger partial charge on any atom is -0.389 e. The van der Waals surface area contributed by atoms with Gasteiger partial charge in [0.2, 0.25) is 0 Å². The Kier molecular flexibility index (Phi) is 3.02. The van der Waals surface area contributed by atoms with Crippen molar-refractivity contribution < 1.29 is 10.0 Å². The monoisotopic (exact) mass is 273 g/mol. The molecule has 1 fully saturated rings. The van der Waals surface area contributed by atoms with Crippen molar-refractivity contribution >= 4 is 5.69 Å². The van der Waals surface area contributed by atoms with E-state index in [1.54, 1.807) is 25.3 Å². The smallest absolute Gasteiger partial charge is 0.295 e. The van der Waals surface area contributed by atoms with Gasteiger partial charge in [-0.25, -0.2) is 4.68 Å². The van der Waals surface area contributed by atoms with Crippen LogP contribution in [0.5, 0.6) is 0 Å². The largest absolute Gasteiger partial charge is 0.389 e. The normalized spacial score (nSPS) is 16.1. The lowest BCUT2D eigenvalue weighted by molar-refractivity contribution is -0.384. The summed E-state index contributed by atoms with van der Waals surface area (Å²) in [6, 6.07) is 6.62. The highest BCUT2D eigenvalue weighted by Crippen LogP contribution is 2.39. The first-order valence-electron chi connectivity index (χ1n) is 6.58. The quantitative estimate of drug-likeness (QED) is 0.686. The first kappa shape index (κ1) is 12.8. The fourth-order valence-electron chi connectivity index (χ4n) is 2.21. The van der Waals surface area contributed by atoms with Gasteiger partial charge in [-0.3, -0.25) is 10.1 Å². The molecule has 6 heteroatoms. The van der Waals surface area contributed by atoms with Gasteiger partial charge in [-0.1, -0.05) is 6.07 Å². The summed E-state index contributed by atoms with van der Waals surface area (Å²) in [4.78, 5) is 10.8. The maximum atomic E-state index is 11.2. The molecule has 0 aliphatic heterocycles. The summed E-state index contributed by atoms with van der Waals surface area (Å²) in [6.45, 7) is 1.58. The molecular formula is C14H15N3O3. The fourth-order valence-corrected chi connectivity index (χ4v) is 2.21. The van der Waals surface area contributed by atoms with Gasteiger partial charge in [0.05, 0.1) is 16.7 Å². The average molecular weight is 273 g/mol. The number of hydrogen-bond donors (Lipinski definition) is 1. The van der Waals surface area contributed by atoms with Crippen LogP contribution in [0.3, 0.4) is 0 Å². The standard InChI is InChI=1S/C14H15N3O3/c1-9(18)11-4-5-13(14(8-11)17(19)20)16-7-6-12(15-16)10-2-3-10/h4-10,18H,2-3H2,1H3/t9-/m0/s1. The molecule has 1 heterocycles. The van der Waals surface area contributed by atoms with E-state index in [1.165, 1.54) is 10.7 Å². The topological polar surface area (TPSA) is 81.2 Å². The summed E-state index contributed by atoms with van der Waals surface area (Å²) < 4.78 is 1.54. The van der Waals surface area contributed by atoms with Gasteiger partial charge in [0.1, 0.15) is 5.69 Å². The van der Waals surface area contributed by atoms with Crippen molar-refractivity contribution in [2.24, 2.45) is 0 Å². The maximum Gasteiger partial charge on any atom is 0.295 e. The number of aliphatic hydroxyl groups excluding tert-OH is 1. The van der Waals surface area contributed by atoms with E-state index in [9.17, 15) is 15.2 Å². The van der Waals surface area contributed by atoms with Crippen molar-refractivity contribution in [2.45, 2.75) is 31.8 Å². The number of nitrogens with zero attached hydrogens (tertiary/aromatic N) is 3. The van der Waals surface area contributed by atoms with Crippen LogP contribution in [0.2, 0.25) is 0 Å². The number of benzene rings is 1. The Morgan fingerprint density at radius 1 is 1.45 bits per heavy atom. The van der Waals surface area contributed by atoms with Gasteiger partial charge in [0, 0.05) is 18.2 Å². The van der Waals surface area contributed by atoms with Gasteiger partial charge in [-0.15, -0.1) is 0 Å². The molecule has 1 aliphatic carbocycles. The Balaban J connectivity index is 2.04. The van der Waals surface area contributed by atoms with Crippen LogP contribution < -0.4 is 0 Å². The molecule has 1 atom stereocenters. The SMILES string of the molecule is C[C@H](O)c1ccc(-n2ccc(C3CC3)n2)c([N+](=O)[O-])c1. The lowest BCUT2D eigenvalue weighted by atomic mass is 10.1. The summed E-state index contributed by atoms with van der Waals surface area (Å²) in [5.41, 5.74) is 1.88. The third-order valence-electron chi connectivity index (χ3n) is 3.53. The number of aromatic nitrogens is 2. The average Bonchev–Trinajstić information content (AvgIpc) is 3.16. The Morgan fingerprint density at radius 2 is 2.20 bits per heavy atom. The number of hydrogen-bond acceptors (Lipinski definition) is 4. The first-order valence-corrected chi connectivity index (χ1v) is 6.58. The Hall–Kier alpha value is -2.21. The molecule has 1 aliphatic rings. The Labute approximate surface area is 115 Å². The van der Waals surface area contributed by atoms with Crippen LogP contribution in [-0.2, 0) is 0 Å². The zero-order chi connectivity index (χ0) is 14.3. The second-order valence-corrected chi connectivity index (χ2v) is 5.14. The first-order chi connectivity index (χ1) is 9.56. The summed E-state index contributed by atoms with van der Waals surface area (Å²) in [7, 11) is 0. The van der Waals surface area contributed by atoms with Crippen LogP contribution in [-0.4, -0.2) is 19.8 Å². The number of nitro benzene ring substituents is 1. The molecule has 0 spiro atoms. The van der Waals surface area contributed by atoms with E-state index in [2.05, 4.69) is 5.10 Å². The van der Waals surface area contributed by atoms with Gasteiger partial charge in [0.25, 0.3) is 5.69 Å². The van der Waals surface area contributed by atoms with E-state index in [4.69, 9.17) is 0 Å². The third kappa shape index (κ3) is 2.30. The maximum absolute atomic E-state index is 11.2. The lowest BCUT2D eigenvalue weighted by Crippen LogP contribution is -2.03. The molecule has 104 valence electrons. The summed E-state index contributed by atoms with van der Waals surface area (Å²) >= 11 is 0. The molecule has 0 radical (unpaired) electrons. The van der Waals surface area contributed by atoms with E-state index >= 15 is 0 Å². The van der Waals surface area contributed by atoms with Crippen LogP contribution in [0, 0.1) is 10.1 Å². The van der Waals surface area contributed by atoms with Crippen molar-refractivity contribution in [1.29, 1.82) is 0 Å². The highest BCUT2D eigenvalue weighted by atomic mass is 16.6. The van der Waals surface area contributed by atoms with Gasteiger partial charge >= 0.3 is 0 Å². The Bertz CT molecular complexity index is 659. The van der Waals surface area contributed by atoms with Gasteiger partial charge in [-0.2, -0.15) is 5.10 Å². The molecule has 0 unspecified atom stereocenters. The van der Waals surface area contributed by atoms with Crippen molar-refractivity contribution in [3.63, 3.8) is 0 Å². The van der Waals surface area contributed by atoms with Crippen molar-refractivity contribution in [3.05, 3.63) is 51.8 Å². The molecule has 20 heavy (non-hydrogen) atoms. The van der Waals surface area contributed by atoms with Crippen LogP contribution in [0.4, 0.5) is 5.69 Å². The molecule has 0 bridgehead atoms. The van der Waals surface area contributed by atoms with Crippen molar-refractivity contribution in [3.8, 4) is 5.69 Å². The molecule has 2 aromatic rings. The van der Waals surface area contributed by atoms with E-state index in [-0.39, 0.29) is 5.69 Å². The molecule has 0 amide bonds. The second-order valence-electron chi connectivity index (χ2n) is 5.14. The summed E-state index contributed by atoms with van der Waals surface area (Å²) in [5.74, 6) is 0.507. The minimum atomic E-state index is -0.734. The predicted octanol–water partition coefficient (Wildman–Crippen LogP) is 2.71.